The Kier molecular flexibility index (Phi) is 4.91. The van der Waals surface area contributed by atoms with E-state index in [0.717, 1.165) is 12.8 Å². The van der Waals surface area contributed by atoms with Crippen molar-refractivity contribution in [2.24, 2.45) is 0 Å². The van der Waals surface area contributed by atoms with E-state index in [4.69, 9.17) is 16.3 Å². The number of carbonyl (C=O) groups is 1. The van der Waals surface area contributed by atoms with Gasteiger partial charge in [0.1, 0.15) is 4.90 Å². The van der Waals surface area contributed by atoms with Crippen LogP contribution in [0, 0.1) is 0 Å². The van der Waals surface area contributed by atoms with Gasteiger partial charge in [-0.15, -0.1) is 0 Å². The van der Waals surface area contributed by atoms with E-state index in [-0.39, 0.29) is 15.8 Å². The zero-order chi connectivity index (χ0) is 16.4. The smallest absolute Gasteiger partial charge is 0.254 e. The average molecular weight is 359 g/mol. The van der Waals surface area contributed by atoms with Crippen molar-refractivity contribution in [3.05, 3.63) is 28.8 Å². The second-order valence-corrected chi connectivity index (χ2v) is 7.97. The van der Waals surface area contributed by atoms with Crippen LogP contribution in [0.5, 0.6) is 0 Å². The van der Waals surface area contributed by atoms with Crippen molar-refractivity contribution in [2.45, 2.75) is 17.7 Å². The van der Waals surface area contributed by atoms with Crippen molar-refractivity contribution in [3.63, 3.8) is 0 Å². The maximum absolute atomic E-state index is 12.7. The van der Waals surface area contributed by atoms with E-state index in [1.165, 1.54) is 16.4 Å². The normalized spacial score (nSPS) is 20.0. The van der Waals surface area contributed by atoms with Crippen LogP contribution in [0.15, 0.2) is 23.1 Å². The summed E-state index contributed by atoms with van der Waals surface area (Å²) < 4.78 is 32.1. The lowest BCUT2D eigenvalue weighted by Crippen LogP contribution is -2.40. The molecule has 6 nitrogen and oxygen atoms in total. The Hall–Kier alpha value is -1.15. The third kappa shape index (κ3) is 3.38. The van der Waals surface area contributed by atoms with Crippen LogP contribution in [0.3, 0.4) is 0 Å². The Balaban J connectivity index is 1.91. The molecular formula is C15H19ClN2O4S. The molecule has 0 saturated carbocycles. The van der Waals surface area contributed by atoms with Crippen LogP contribution in [0.25, 0.3) is 0 Å². The minimum Gasteiger partial charge on any atom is -0.378 e. The zero-order valence-corrected chi connectivity index (χ0v) is 14.3. The van der Waals surface area contributed by atoms with E-state index in [9.17, 15) is 13.2 Å². The summed E-state index contributed by atoms with van der Waals surface area (Å²) in [7, 11) is -3.65. The van der Waals surface area contributed by atoms with Gasteiger partial charge in [-0.05, 0) is 31.0 Å². The first-order valence-electron chi connectivity index (χ1n) is 7.67. The lowest BCUT2D eigenvalue weighted by molar-refractivity contribution is 0.0302. The minimum absolute atomic E-state index is 0.0141. The fourth-order valence-corrected chi connectivity index (χ4v) is 4.87. The predicted molar refractivity (Wildman–Crippen MR) is 86.2 cm³/mol. The molecule has 1 amide bonds. The lowest BCUT2D eigenvalue weighted by atomic mass is 10.2. The van der Waals surface area contributed by atoms with Crippen molar-refractivity contribution in [1.82, 2.24) is 9.21 Å². The quantitative estimate of drug-likeness (QED) is 0.823. The van der Waals surface area contributed by atoms with Crippen molar-refractivity contribution >= 4 is 27.5 Å². The van der Waals surface area contributed by atoms with Crippen LogP contribution in [0.4, 0.5) is 0 Å². The molecule has 0 N–H and O–H groups in total. The molecule has 0 aliphatic carbocycles. The van der Waals surface area contributed by atoms with Crippen molar-refractivity contribution in [1.29, 1.82) is 0 Å². The van der Waals surface area contributed by atoms with Gasteiger partial charge in [-0.2, -0.15) is 4.31 Å². The molecule has 0 aromatic heterocycles. The third-order valence-electron chi connectivity index (χ3n) is 4.16. The van der Waals surface area contributed by atoms with Crippen molar-refractivity contribution in [3.8, 4) is 0 Å². The molecule has 126 valence electrons. The number of benzene rings is 1. The standard InChI is InChI=1S/C15H19ClN2O4S/c16-13-4-3-12(15(19)17-7-9-22-10-8-17)11-14(13)23(20,21)18-5-1-2-6-18/h3-4,11H,1-2,5-10H2. The highest BCUT2D eigenvalue weighted by Gasteiger charge is 2.30. The molecule has 2 aliphatic heterocycles. The lowest BCUT2D eigenvalue weighted by Gasteiger charge is -2.27. The number of sulfonamides is 1. The number of amides is 1. The highest BCUT2D eigenvalue weighted by Crippen LogP contribution is 2.28. The fraction of sp³-hybridized carbons (Fsp3) is 0.533. The van der Waals surface area contributed by atoms with E-state index in [0.29, 0.717) is 45.0 Å². The van der Waals surface area contributed by atoms with Gasteiger partial charge in [0, 0.05) is 31.7 Å². The summed E-state index contributed by atoms with van der Waals surface area (Å²) in [5, 5.41) is 0.149. The summed E-state index contributed by atoms with van der Waals surface area (Å²) in [4.78, 5) is 14.2. The van der Waals surface area contributed by atoms with Crippen molar-refractivity contribution in [2.75, 3.05) is 39.4 Å². The number of nitrogens with zero attached hydrogens (tertiary/aromatic N) is 2. The maximum atomic E-state index is 12.7. The molecule has 0 unspecified atom stereocenters. The molecule has 2 saturated heterocycles. The molecule has 0 atom stereocenters. The van der Waals surface area contributed by atoms with Gasteiger partial charge in [-0.1, -0.05) is 11.6 Å². The van der Waals surface area contributed by atoms with Gasteiger partial charge in [-0.3, -0.25) is 4.79 Å². The minimum atomic E-state index is -3.65. The number of hydrogen-bond acceptors (Lipinski definition) is 4. The molecule has 8 heteroatoms. The number of rotatable bonds is 3. The van der Waals surface area contributed by atoms with Crippen molar-refractivity contribution < 1.29 is 17.9 Å². The SMILES string of the molecule is O=C(c1ccc(Cl)c(S(=O)(=O)N2CCCC2)c1)N1CCOCC1. The van der Waals surface area contributed by atoms with Crippen LogP contribution >= 0.6 is 11.6 Å². The first-order valence-corrected chi connectivity index (χ1v) is 9.49. The van der Waals surface area contributed by atoms with Gasteiger partial charge in [0.25, 0.3) is 5.91 Å². The largest absolute Gasteiger partial charge is 0.378 e. The first kappa shape index (κ1) is 16.7. The van der Waals surface area contributed by atoms with Crippen LogP contribution in [0.1, 0.15) is 23.2 Å². The molecule has 0 spiro atoms. The summed E-state index contributed by atoms with van der Waals surface area (Å²) in [6.45, 7) is 3.02. The van der Waals surface area contributed by atoms with Crippen LogP contribution < -0.4 is 0 Å². The number of carbonyl (C=O) groups excluding carboxylic acids is 1. The van der Waals surface area contributed by atoms with Gasteiger partial charge >= 0.3 is 0 Å². The first-order chi connectivity index (χ1) is 11.0. The average Bonchev–Trinajstić information content (AvgIpc) is 3.10. The Morgan fingerprint density at radius 3 is 2.39 bits per heavy atom. The van der Waals surface area contributed by atoms with E-state index in [1.807, 2.05) is 0 Å². The van der Waals surface area contributed by atoms with E-state index < -0.39 is 10.0 Å². The summed E-state index contributed by atoms with van der Waals surface area (Å²) >= 11 is 6.10. The molecule has 2 heterocycles. The molecule has 1 aromatic carbocycles. The van der Waals surface area contributed by atoms with Crippen LogP contribution in [-0.4, -0.2) is 62.9 Å². The number of hydrogen-bond donors (Lipinski definition) is 0. The summed E-state index contributed by atoms with van der Waals surface area (Å²) in [6.07, 6.45) is 1.70. The molecule has 23 heavy (non-hydrogen) atoms. The van der Waals surface area contributed by atoms with E-state index in [2.05, 4.69) is 0 Å². The molecule has 2 aliphatic rings. The van der Waals surface area contributed by atoms with Gasteiger partial charge in [0.15, 0.2) is 0 Å². The molecule has 1 aromatic rings. The Morgan fingerprint density at radius 2 is 1.74 bits per heavy atom. The van der Waals surface area contributed by atoms with Gasteiger partial charge < -0.3 is 9.64 Å². The van der Waals surface area contributed by atoms with Crippen LogP contribution in [-0.2, 0) is 14.8 Å². The van der Waals surface area contributed by atoms with Crippen LogP contribution in [0.2, 0.25) is 5.02 Å². The van der Waals surface area contributed by atoms with E-state index in [1.54, 1.807) is 11.0 Å². The highest BCUT2D eigenvalue weighted by atomic mass is 35.5. The maximum Gasteiger partial charge on any atom is 0.254 e. The molecule has 2 fully saturated rings. The Morgan fingerprint density at radius 1 is 1.09 bits per heavy atom. The second-order valence-electron chi connectivity index (χ2n) is 5.66. The topological polar surface area (TPSA) is 66.9 Å². The van der Waals surface area contributed by atoms with E-state index >= 15 is 0 Å². The summed E-state index contributed by atoms with van der Waals surface area (Å²) in [5.74, 6) is -0.192. The van der Waals surface area contributed by atoms with Gasteiger partial charge in [0.05, 0.1) is 18.2 Å². The Labute approximate surface area is 141 Å². The number of ether oxygens (including phenoxy) is 1. The molecule has 3 rings (SSSR count). The predicted octanol–water partition coefficient (Wildman–Crippen LogP) is 1.60. The molecule has 0 bridgehead atoms. The summed E-state index contributed by atoms with van der Waals surface area (Å²) in [6, 6.07) is 4.45. The zero-order valence-electron chi connectivity index (χ0n) is 12.7. The Bertz CT molecular complexity index is 695. The van der Waals surface area contributed by atoms with Gasteiger partial charge in [0.2, 0.25) is 10.0 Å². The third-order valence-corrected chi connectivity index (χ3v) is 6.54. The second kappa shape index (κ2) is 6.76. The summed E-state index contributed by atoms with van der Waals surface area (Å²) in [5.41, 5.74) is 0.342. The highest BCUT2D eigenvalue weighted by molar-refractivity contribution is 7.89. The number of morpholine rings is 1. The number of halogens is 1. The fourth-order valence-electron chi connectivity index (χ4n) is 2.85. The molecular weight excluding hydrogens is 340 g/mol. The van der Waals surface area contributed by atoms with Gasteiger partial charge in [-0.25, -0.2) is 8.42 Å². The monoisotopic (exact) mass is 358 g/mol. The molecule has 0 radical (unpaired) electrons.